The van der Waals surface area contributed by atoms with Crippen molar-refractivity contribution < 1.29 is 0 Å². The Hall–Kier alpha value is -1.12. The van der Waals surface area contributed by atoms with E-state index >= 15 is 0 Å². The normalized spacial score (nSPS) is 16.7. The van der Waals surface area contributed by atoms with Crippen LogP contribution in [0, 0.1) is 5.92 Å². The van der Waals surface area contributed by atoms with Crippen molar-refractivity contribution >= 4 is 0 Å². The molecule has 0 aromatic carbocycles. The summed E-state index contributed by atoms with van der Waals surface area (Å²) in [6, 6.07) is 3.34. The fraction of sp³-hybridized carbons (Fsp3) is 0.500. The monoisotopic (exact) mass is 150 g/mol. The Morgan fingerprint density at radius 2 is 2.36 bits per heavy atom. The van der Waals surface area contributed by atoms with Gasteiger partial charge in [-0.1, -0.05) is 0 Å². The van der Waals surface area contributed by atoms with E-state index in [4.69, 9.17) is 0 Å². The molecular formula is C8H10N2O. The maximum Gasteiger partial charge on any atom is 0.264 e. The smallest absolute Gasteiger partial charge is 0.264 e. The Kier molecular flexibility index (Phi) is 1.49. The van der Waals surface area contributed by atoms with Crippen molar-refractivity contribution in [3.05, 3.63) is 28.2 Å². The first kappa shape index (κ1) is 6.58. The largest absolute Gasteiger partial charge is 0.268 e. The number of nitrogens with zero attached hydrogens (tertiary/aromatic N) is 1. The molecule has 1 fully saturated rings. The lowest BCUT2D eigenvalue weighted by Crippen LogP contribution is -2.07. The van der Waals surface area contributed by atoms with Gasteiger partial charge in [-0.15, -0.1) is 0 Å². The van der Waals surface area contributed by atoms with Crippen molar-refractivity contribution in [3.8, 4) is 0 Å². The van der Waals surface area contributed by atoms with E-state index in [0.29, 0.717) is 0 Å². The first-order valence-corrected chi connectivity index (χ1v) is 3.89. The van der Waals surface area contributed by atoms with Crippen LogP contribution in [0.3, 0.4) is 0 Å². The van der Waals surface area contributed by atoms with Gasteiger partial charge in [0, 0.05) is 6.07 Å². The van der Waals surface area contributed by atoms with Gasteiger partial charge >= 0.3 is 0 Å². The lowest BCUT2D eigenvalue weighted by Gasteiger charge is -1.94. The molecule has 11 heavy (non-hydrogen) atoms. The average molecular weight is 150 g/mol. The molecule has 0 unspecified atom stereocenters. The molecule has 0 atom stereocenters. The van der Waals surface area contributed by atoms with Crippen molar-refractivity contribution in [3.63, 3.8) is 0 Å². The zero-order chi connectivity index (χ0) is 7.68. The lowest BCUT2D eigenvalue weighted by atomic mass is 10.2. The second-order valence-electron chi connectivity index (χ2n) is 3.06. The first-order chi connectivity index (χ1) is 5.34. The Morgan fingerprint density at radius 1 is 1.55 bits per heavy atom. The zero-order valence-electron chi connectivity index (χ0n) is 6.21. The zero-order valence-corrected chi connectivity index (χ0v) is 6.21. The minimum Gasteiger partial charge on any atom is -0.268 e. The van der Waals surface area contributed by atoms with Gasteiger partial charge in [0.1, 0.15) is 0 Å². The number of aromatic nitrogens is 2. The predicted octanol–water partition coefficient (Wildman–Crippen LogP) is 0.722. The molecule has 0 amide bonds. The number of rotatable bonds is 2. The van der Waals surface area contributed by atoms with E-state index in [2.05, 4.69) is 10.2 Å². The Labute approximate surface area is 64.5 Å². The molecule has 1 aliphatic rings. The van der Waals surface area contributed by atoms with Gasteiger partial charge in [0.15, 0.2) is 0 Å². The van der Waals surface area contributed by atoms with Crippen molar-refractivity contribution in [1.82, 2.24) is 10.2 Å². The summed E-state index contributed by atoms with van der Waals surface area (Å²) in [5.74, 6) is 0.827. The van der Waals surface area contributed by atoms with Crippen LogP contribution in [0.5, 0.6) is 0 Å². The highest BCUT2D eigenvalue weighted by Crippen LogP contribution is 2.31. The minimum absolute atomic E-state index is 0.121. The van der Waals surface area contributed by atoms with Crippen LogP contribution < -0.4 is 5.56 Å². The Balaban J connectivity index is 2.11. The van der Waals surface area contributed by atoms with Crippen LogP contribution in [0.15, 0.2) is 16.9 Å². The van der Waals surface area contributed by atoms with Gasteiger partial charge in [0.2, 0.25) is 0 Å². The van der Waals surface area contributed by atoms with Crippen LogP contribution in [0.1, 0.15) is 18.5 Å². The highest BCUT2D eigenvalue weighted by atomic mass is 16.1. The molecule has 0 aliphatic heterocycles. The summed E-state index contributed by atoms with van der Waals surface area (Å²) >= 11 is 0. The molecule has 2 rings (SSSR count). The summed E-state index contributed by atoms with van der Waals surface area (Å²) in [6.45, 7) is 0. The maximum absolute atomic E-state index is 10.6. The van der Waals surface area contributed by atoms with Crippen molar-refractivity contribution in [1.29, 1.82) is 0 Å². The van der Waals surface area contributed by atoms with E-state index in [1.165, 1.54) is 18.9 Å². The second-order valence-corrected chi connectivity index (χ2v) is 3.06. The minimum atomic E-state index is -0.121. The summed E-state index contributed by atoms with van der Waals surface area (Å²) in [5.41, 5.74) is 0.886. The molecule has 1 aliphatic carbocycles. The lowest BCUT2D eigenvalue weighted by molar-refractivity contribution is 0.772. The molecule has 0 radical (unpaired) electrons. The molecular weight excluding hydrogens is 140 g/mol. The molecule has 0 bridgehead atoms. The Bertz CT molecular complexity index is 281. The van der Waals surface area contributed by atoms with E-state index in [9.17, 15) is 4.79 Å². The molecule has 3 nitrogen and oxygen atoms in total. The topological polar surface area (TPSA) is 45.8 Å². The van der Waals surface area contributed by atoms with Crippen LogP contribution in [0.4, 0.5) is 0 Å². The molecule has 1 heterocycles. The summed E-state index contributed by atoms with van der Waals surface area (Å²) < 4.78 is 0. The number of nitrogens with one attached hydrogen (secondary N) is 1. The molecule has 1 aromatic heterocycles. The maximum atomic E-state index is 10.6. The van der Waals surface area contributed by atoms with Crippen LogP contribution in [-0.4, -0.2) is 10.2 Å². The van der Waals surface area contributed by atoms with Gasteiger partial charge < -0.3 is 0 Å². The van der Waals surface area contributed by atoms with E-state index in [-0.39, 0.29) is 5.56 Å². The SMILES string of the molecule is O=c1ccc(CC2CC2)n[nH]1. The van der Waals surface area contributed by atoms with Crippen LogP contribution in [0.25, 0.3) is 0 Å². The van der Waals surface area contributed by atoms with E-state index in [1.807, 2.05) is 0 Å². The van der Waals surface area contributed by atoms with E-state index in [0.717, 1.165) is 18.0 Å². The quantitative estimate of drug-likeness (QED) is 0.675. The standard InChI is InChI=1S/C8H10N2O/c11-8-4-3-7(9-10-8)5-6-1-2-6/h3-4,6H,1-2,5H2,(H,10,11). The molecule has 1 aromatic rings. The number of hydrogen-bond donors (Lipinski definition) is 1. The number of hydrogen-bond acceptors (Lipinski definition) is 2. The van der Waals surface area contributed by atoms with Gasteiger partial charge in [-0.25, -0.2) is 5.10 Å². The summed E-state index contributed by atoms with van der Waals surface area (Å²) in [7, 11) is 0. The predicted molar refractivity (Wildman–Crippen MR) is 41.3 cm³/mol. The fourth-order valence-electron chi connectivity index (χ4n) is 1.10. The van der Waals surface area contributed by atoms with Gasteiger partial charge in [-0.3, -0.25) is 4.79 Å². The first-order valence-electron chi connectivity index (χ1n) is 3.89. The number of aromatic amines is 1. The molecule has 3 heteroatoms. The van der Waals surface area contributed by atoms with Crippen molar-refractivity contribution in [2.45, 2.75) is 19.3 Å². The summed E-state index contributed by atoms with van der Waals surface area (Å²) in [5, 5.41) is 6.35. The third-order valence-corrected chi connectivity index (χ3v) is 1.93. The van der Waals surface area contributed by atoms with Gasteiger partial charge in [-0.2, -0.15) is 5.10 Å². The molecule has 0 spiro atoms. The van der Waals surface area contributed by atoms with Crippen LogP contribution in [0.2, 0.25) is 0 Å². The van der Waals surface area contributed by atoms with Gasteiger partial charge in [0.05, 0.1) is 5.69 Å². The third-order valence-electron chi connectivity index (χ3n) is 1.93. The van der Waals surface area contributed by atoms with E-state index < -0.39 is 0 Å². The number of H-pyrrole nitrogens is 1. The van der Waals surface area contributed by atoms with E-state index in [1.54, 1.807) is 6.07 Å². The molecule has 1 saturated carbocycles. The summed E-state index contributed by atoms with van der Waals surface area (Å²) in [6.07, 6.45) is 3.67. The average Bonchev–Trinajstić information content (AvgIpc) is 2.78. The van der Waals surface area contributed by atoms with Crippen molar-refractivity contribution in [2.24, 2.45) is 5.92 Å². The molecule has 58 valence electrons. The second kappa shape index (κ2) is 2.49. The Morgan fingerprint density at radius 3 is 2.91 bits per heavy atom. The highest BCUT2D eigenvalue weighted by Gasteiger charge is 2.21. The van der Waals surface area contributed by atoms with Gasteiger partial charge in [0.25, 0.3) is 5.56 Å². The molecule has 0 saturated heterocycles. The third kappa shape index (κ3) is 1.67. The fourth-order valence-corrected chi connectivity index (χ4v) is 1.10. The van der Waals surface area contributed by atoms with Crippen LogP contribution in [-0.2, 0) is 6.42 Å². The molecule has 1 N–H and O–H groups in total. The van der Waals surface area contributed by atoms with Crippen molar-refractivity contribution in [2.75, 3.05) is 0 Å². The van der Waals surface area contributed by atoms with Crippen LogP contribution >= 0.6 is 0 Å². The van der Waals surface area contributed by atoms with Gasteiger partial charge in [-0.05, 0) is 31.2 Å². The highest BCUT2D eigenvalue weighted by molar-refractivity contribution is 5.02. The summed E-state index contributed by atoms with van der Waals surface area (Å²) in [4.78, 5) is 10.6.